The largest absolute Gasteiger partial charge is 0.497 e. The van der Waals surface area contributed by atoms with Crippen molar-refractivity contribution in [3.8, 4) is 5.75 Å². The van der Waals surface area contributed by atoms with E-state index >= 15 is 0 Å². The summed E-state index contributed by atoms with van der Waals surface area (Å²) in [5.74, 6) is 1.81. The minimum Gasteiger partial charge on any atom is -0.497 e. The van der Waals surface area contributed by atoms with Crippen molar-refractivity contribution in [1.82, 2.24) is 14.9 Å². The van der Waals surface area contributed by atoms with Crippen LogP contribution in [-0.2, 0) is 11.3 Å². The van der Waals surface area contributed by atoms with E-state index in [9.17, 15) is 4.79 Å². The van der Waals surface area contributed by atoms with Crippen LogP contribution in [0.5, 0.6) is 5.75 Å². The van der Waals surface area contributed by atoms with Crippen LogP contribution in [0.4, 0.5) is 5.95 Å². The van der Waals surface area contributed by atoms with Crippen molar-refractivity contribution in [3.05, 3.63) is 47.8 Å². The quantitative estimate of drug-likeness (QED) is 0.846. The van der Waals surface area contributed by atoms with Gasteiger partial charge in [-0.05, 0) is 43.0 Å². The monoisotopic (exact) mass is 352 g/mol. The highest BCUT2D eigenvalue weighted by molar-refractivity contribution is 5.86. The molecule has 2 aliphatic rings. The zero-order valence-electron chi connectivity index (χ0n) is 15.3. The molecule has 4 rings (SSSR count). The van der Waals surface area contributed by atoms with Crippen LogP contribution in [0.15, 0.2) is 36.7 Å². The van der Waals surface area contributed by atoms with E-state index in [1.165, 1.54) is 0 Å². The Labute approximate surface area is 153 Å². The Balaban J connectivity index is 1.46. The van der Waals surface area contributed by atoms with Crippen molar-refractivity contribution < 1.29 is 9.53 Å². The summed E-state index contributed by atoms with van der Waals surface area (Å²) in [5, 5.41) is 0. The molecule has 2 saturated heterocycles. The number of ether oxygens (including phenoxy) is 1. The lowest BCUT2D eigenvalue weighted by Gasteiger charge is -2.24. The maximum atomic E-state index is 13.1. The number of aromatic nitrogens is 2. The van der Waals surface area contributed by atoms with E-state index in [4.69, 9.17) is 4.74 Å². The van der Waals surface area contributed by atoms with E-state index in [1.807, 2.05) is 48.5 Å². The minimum atomic E-state index is -0.285. The van der Waals surface area contributed by atoms with Crippen molar-refractivity contribution in [2.24, 2.45) is 5.41 Å². The van der Waals surface area contributed by atoms with Crippen molar-refractivity contribution in [2.75, 3.05) is 31.6 Å². The van der Waals surface area contributed by atoms with Crippen LogP contribution in [0, 0.1) is 12.3 Å². The fourth-order valence-electron chi connectivity index (χ4n) is 4.01. The molecule has 2 aromatic rings. The van der Waals surface area contributed by atoms with E-state index < -0.39 is 0 Å². The van der Waals surface area contributed by atoms with E-state index in [2.05, 4.69) is 14.9 Å². The lowest BCUT2D eigenvalue weighted by Crippen LogP contribution is -2.37. The smallest absolute Gasteiger partial charge is 0.231 e. The van der Waals surface area contributed by atoms with Gasteiger partial charge in [-0.3, -0.25) is 4.79 Å². The first-order valence-electron chi connectivity index (χ1n) is 9.06. The number of carbonyl (C=O) groups is 1. The first-order valence-corrected chi connectivity index (χ1v) is 9.06. The second-order valence-electron chi connectivity index (χ2n) is 7.34. The fraction of sp³-hybridized carbons (Fsp3) is 0.450. The predicted molar refractivity (Wildman–Crippen MR) is 99.1 cm³/mol. The molecule has 1 aromatic heterocycles. The maximum Gasteiger partial charge on any atom is 0.231 e. The van der Waals surface area contributed by atoms with Gasteiger partial charge in [-0.2, -0.15) is 0 Å². The Morgan fingerprint density at radius 2 is 1.96 bits per heavy atom. The number of likely N-dealkylation sites (tertiary alicyclic amines) is 1. The van der Waals surface area contributed by atoms with Crippen molar-refractivity contribution in [1.29, 1.82) is 0 Å². The number of hydrogen-bond donors (Lipinski definition) is 0. The SMILES string of the molecule is COc1cccc(CN2CC[C@@]3(CCN(c4ncc(C)cn4)C3)C2=O)c1. The topological polar surface area (TPSA) is 58.6 Å². The molecule has 6 heteroatoms. The summed E-state index contributed by atoms with van der Waals surface area (Å²) in [7, 11) is 1.66. The van der Waals surface area contributed by atoms with E-state index in [1.54, 1.807) is 7.11 Å². The number of anilines is 1. The lowest BCUT2D eigenvalue weighted by molar-refractivity contribution is -0.135. The predicted octanol–water partition coefficient (Wildman–Crippen LogP) is 2.42. The third kappa shape index (κ3) is 3.00. The number of carbonyl (C=O) groups excluding carboxylic acids is 1. The normalized spacial score (nSPS) is 22.5. The summed E-state index contributed by atoms with van der Waals surface area (Å²) >= 11 is 0. The molecule has 2 aliphatic heterocycles. The molecule has 136 valence electrons. The summed E-state index contributed by atoms with van der Waals surface area (Å²) in [5.41, 5.74) is 1.86. The number of aryl methyl sites for hydroxylation is 1. The van der Waals surface area contributed by atoms with Crippen LogP contribution in [0.25, 0.3) is 0 Å². The molecule has 3 heterocycles. The molecule has 0 radical (unpaired) electrons. The van der Waals surface area contributed by atoms with Crippen LogP contribution in [0.2, 0.25) is 0 Å². The summed E-state index contributed by atoms with van der Waals surface area (Å²) in [6.45, 7) is 4.97. The maximum absolute atomic E-state index is 13.1. The standard InChI is InChI=1S/C20H24N4O2/c1-15-11-21-19(22-12-15)24-9-7-20(14-24)6-8-23(18(20)25)13-16-4-3-5-17(10-16)26-2/h3-5,10-12H,6-9,13-14H2,1-2H3/t20-/m0/s1. The zero-order chi connectivity index (χ0) is 18.1. The Kier molecular flexibility index (Phi) is 4.26. The lowest BCUT2D eigenvalue weighted by atomic mass is 9.85. The first kappa shape index (κ1) is 16.8. The molecule has 6 nitrogen and oxygen atoms in total. The van der Waals surface area contributed by atoms with Gasteiger partial charge >= 0.3 is 0 Å². The number of methoxy groups -OCH3 is 1. The highest BCUT2D eigenvalue weighted by Gasteiger charge is 2.51. The van der Waals surface area contributed by atoms with Crippen LogP contribution in [0.1, 0.15) is 24.0 Å². The molecule has 26 heavy (non-hydrogen) atoms. The van der Waals surface area contributed by atoms with E-state index in [0.717, 1.165) is 48.8 Å². The van der Waals surface area contributed by atoms with Crippen molar-refractivity contribution >= 4 is 11.9 Å². The van der Waals surface area contributed by atoms with Crippen LogP contribution in [-0.4, -0.2) is 47.5 Å². The molecule has 0 N–H and O–H groups in total. The highest BCUT2D eigenvalue weighted by atomic mass is 16.5. The summed E-state index contributed by atoms with van der Waals surface area (Å²) in [6.07, 6.45) is 5.44. The molecule has 2 fully saturated rings. The summed E-state index contributed by atoms with van der Waals surface area (Å²) in [4.78, 5) is 26.1. The minimum absolute atomic E-state index is 0.259. The Morgan fingerprint density at radius 3 is 2.73 bits per heavy atom. The molecular formula is C20H24N4O2. The number of nitrogens with zero attached hydrogens (tertiary/aromatic N) is 4. The first-order chi connectivity index (χ1) is 12.6. The Hall–Kier alpha value is -2.63. The molecule has 1 amide bonds. The summed E-state index contributed by atoms with van der Waals surface area (Å²) < 4.78 is 5.29. The van der Waals surface area contributed by atoms with Gasteiger partial charge in [0.15, 0.2) is 0 Å². The van der Waals surface area contributed by atoms with Gasteiger partial charge in [0, 0.05) is 38.6 Å². The second-order valence-corrected chi connectivity index (χ2v) is 7.34. The molecule has 0 unspecified atom stereocenters. The molecule has 0 bridgehead atoms. The number of benzene rings is 1. The van der Waals surface area contributed by atoms with Gasteiger partial charge in [-0.1, -0.05) is 12.1 Å². The number of rotatable bonds is 4. The molecular weight excluding hydrogens is 328 g/mol. The zero-order valence-corrected chi connectivity index (χ0v) is 15.3. The molecule has 0 saturated carbocycles. The van der Waals surface area contributed by atoms with Gasteiger partial charge in [-0.25, -0.2) is 9.97 Å². The molecule has 1 atom stereocenters. The Bertz CT molecular complexity index is 808. The van der Waals surface area contributed by atoms with Crippen molar-refractivity contribution in [3.63, 3.8) is 0 Å². The second kappa shape index (κ2) is 6.59. The Morgan fingerprint density at radius 1 is 1.19 bits per heavy atom. The van der Waals surface area contributed by atoms with Crippen LogP contribution < -0.4 is 9.64 Å². The van der Waals surface area contributed by atoms with Crippen LogP contribution in [0.3, 0.4) is 0 Å². The number of amides is 1. The number of hydrogen-bond acceptors (Lipinski definition) is 5. The van der Waals surface area contributed by atoms with E-state index in [-0.39, 0.29) is 11.3 Å². The van der Waals surface area contributed by atoms with Crippen molar-refractivity contribution in [2.45, 2.75) is 26.3 Å². The van der Waals surface area contributed by atoms with Gasteiger partial charge in [0.1, 0.15) is 5.75 Å². The summed E-state index contributed by atoms with van der Waals surface area (Å²) in [6, 6.07) is 7.94. The van der Waals surface area contributed by atoms with Gasteiger partial charge in [0.25, 0.3) is 0 Å². The van der Waals surface area contributed by atoms with E-state index in [0.29, 0.717) is 13.1 Å². The highest BCUT2D eigenvalue weighted by Crippen LogP contribution is 2.42. The average Bonchev–Trinajstić information content (AvgIpc) is 3.22. The van der Waals surface area contributed by atoms with Gasteiger partial charge in [0.05, 0.1) is 12.5 Å². The van der Waals surface area contributed by atoms with Crippen LogP contribution >= 0.6 is 0 Å². The van der Waals surface area contributed by atoms with Gasteiger partial charge in [0.2, 0.25) is 11.9 Å². The fourth-order valence-corrected chi connectivity index (χ4v) is 4.01. The third-order valence-corrected chi connectivity index (χ3v) is 5.51. The molecule has 1 spiro atoms. The molecule has 1 aromatic carbocycles. The average molecular weight is 352 g/mol. The third-order valence-electron chi connectivity index (χ3n) is 5.51. The van der Waals surface area contributed by atoms with Gasteiger partial charge < -0.3 is 14.5 Å². The van der Waals surface area contributed by atoms with Gasteiger partial charge in [-0.15, -0.1) is 0 Å². The molecule has 0 aliphatic carbocycles.